The van der Waals surface area contributed by atoms with E-state index >= 15 is 0 Å². The molecule has 0 radical (unpaired) electrons. The zero-order valence-electron chi connectivity index (χ0n) is 9.81. The van der Waals surface area contributed by atoms with Gasteiger partial charge in [-0.3, -0.25) is 4.79 Å². The number of amides is 1. The van der Waals surface area contributed by atoms with Crippen LogP contribution in [-0.2, 0) is 12.7 Å². The van der Waals surface area contributed by atoms with Gasteiger partial charge in [0.15, 0.2) is 12.1 Å². The second-order valence-corrected chi connectivity index (χ2v) is 3.65. The zero-order valence-corrected chi connectivity index (χ0v) is 9.81. The van der Waals surface area contributed by atoms with Crippen LogP contribution >= 0.6 is 0 Å². The van der Waals surface area contributed by atoms with Crippen molar-refractivity contribution < 1.29 is 22.4 Å². The van der Waals surface area contributed by atoms with Crippen LogP contribution in [0.4, 0.5) is 19.0 Å². The molecule has 3 N–H and O–H groups in total. The molecule has 0 aliphatic heterocycles. The number of nitrogens with two attached hydrogens (primary N) is 1. The molecule has 1 amide bonds. The lowest BCUT2D eigenvalue weighted by atomic mass is 10.3. The molecule has 0 saturated carbocycles. The monoisotopic (exact) mass is 287 g/mol. The van der Waals surface area contributed by atoms with Gasteiger partial charge in [0.2, 0.25) is 5.76 Å². The maximum absolute atomic E-state index is 12.5. The van der Waals surface area contributed by atoms with Crippen LogP contribution < -0.4 is 11.1 Å². The van der Waals surface area contributed by atoms with Gasteiger partial charge in [-0.05, 0) is 12.1 Å². The average Bonchev–Trinajstić information content (AvgIpc) is 2.85. The first-order valence-electron chi connectivity index (χ1n) is 5.25. The molecule has 7 nitrogen and oxygen atoms in total. The molecule has 10 heteroatoms. The molecule has 20 heavy (non-hydrogen) atoms. The van der Waals surface area contributed by atoms with Crippen molar-refractivity contribution in [2.45, 2.75) is 12.7 Å². The summed E-state index contributed by atoms with van der Waals surface area (Å²) in [5.74, 6) is -1.75. The van der Waals surface area contributed by atoms with Crippen LogP contribution in [0.25, 0.3) is 0 Å². The van der Waals surface area contributed by atoms with Gasteiger partial charge in [-0.1, -0.05) is 0 Å². The standard InChI is InChI=1S/C10H8F3N5O2/c11-10(12,13)8-6(16-4-20-8)3-15-7-2-1-5(9(14)19)17-18-7/h1-2,4H,3H2,(H2,14,19)(H,15,18). The summed E-state index contributed by atoms with van der Waals surface area (Å²) >= 11 is 0. The number of carbonyl (C=O) groups excluding carboxylic acids is 1. The van der Waals surface area contributed by atoms with Crippen molar-refractivity contribution in [2.24, 2.45) is 5.73 Å². The van der Waals surface area contributed by atoms with Gasteiger partial charge in [0, 0.05) is 0 Å². The summed E-state index contributed by atoms with van der Waals surface area (Å²) < 4.78 is 41.8. The van der Waals surface area contributed by atoms with Crippen LogP contribution in [0.15, 0.2) is 22.9 Å². The average molecular weight is 287 g/mol. The Morgan fingerprint density at radius 3 is 2.65 bits per heavy atom. The fraction of sp³-hybridized carbons (Fsp3) is 0.200. The van der Waals surface area contributed by atoms with Gasteiger partial charge in [0.1, 0.15) is 11.5 Å². The van der Waals surface area contributed by atoms with Crippen molar-refractivity contribution in [1.82, 2.24) is 15.2 Å². The highest BCUT2D eigenvalue weighted by Gasteiger charge is 2.38. The number of nitrogens with one attached hydrogen (secondary N) is 1. The molecule has 0 spiro atoms. The van der Waals surface area contributed by atoms with Crippen LogP contribution in [0.3, 0.4) is 0 Å². The minimum atomic E-state index is -4.62. The van der Waals surface area contributed by atoms with Crippen LogP contribution in [-0.4, -0.2) is 21.1 Å². The Kier molecular flexibility index (Phi) is 3.55. The Bertz CT molecular complexity index is 608. The topological polar surface area (TPSA) is 107 Å². The molecule has 0 atom stereocenters. The van der Waals surface area contributed by atoms with E-state index in [0.717, 1.165) is 0 Å². The van der Waals surface area contributed by atoms with Crippen molar-refractivity contribution in [3.63, 3.8) is 0 Å². The predicted octanol–water partition coefficient (Wildman–Crippen LogP) is 1.19. The van der Waals surface area contributed by atoms with Crippen molar-refractivity contribution in [3.8, 4) is 0 Å². The number of alkyl halides is 3. The van der Waals surface area contributed by atoms with Crippen LogP contribution in [0.1, 0.15) is 21.9 Å². The molecule has 0 aliphatic rings. The van der Waals surface area contributed by atoms with E-state index in [-0.39, 0.29) is 23.8 Å². The fourth-order valence-corrected chi connectivity index (χ4v) is 1.36. The number of hydrogen-bond acceptors (Lipinski definition) is 6. The number of carbonyl (C=O) groups is 1. The predicted molar refractivity (Wildman–Crippen MR) is 59.4 cm³/mol. The molecule has 0 bridgehead atoms. The molecule has 2 aromatic rings. The molecule has 0 aliphatic carbocycles. The molecule has 106 valence electrons. The summed E-state index contributed by atoms with van der Waals surface area (Å²) in [6.07, 6.45) is -3.91. The summed E-state index contributed by atoms with van der Waals surface area (Å²) in [7, 11) is 0. The van der Waals surface area contributed by atoms with Gasteiger partial charge in [-0.25, -0.2) is 4.98 Å². The molecular formula is C10H8F3N5O2. The Hall–Kier alpha value is -2.65. The van der Waals surface area contributed by atoms with Crippen molar-refractivity contribution in [2.75, 3.05) is 5.32 Å². The normalized spacial score (nSPS) is 11.3. The first-order valence-corrected chi connectivity index (χ1v) is 5.25. The zero-order chi connectivity index (χ0) is 14.8. The second kappa shape index (κ2) is 5.15. The maximum atomic E-state index is 12.5. The number of primary amides is 1. The van der Waals surface area contributed by atoms with E-state index in [1.165, 1.54) is 12.1 Å². The number of halogens is 3. The summed E-state index contributed by atoms with van der Waals surface area (Å²) in [5, 5.41) is 9.66. The van der Waals surface area contributed by atoms with Crippen molar-refractivity contribution in [1.29, 1.82) is 0 Å². The van der Waals surface area contributed by atoms with E-state index in [2.05, 4.69) is 24.9 Å². The molecule has 0 unspecified atom stereocenters. The minimum absolute atomic E-state index is 0.0482. The van der Waals surface area contributed by atoms with E-state index in [4.69, 9.17) is 5.73 Å². The van der Waals surface area contributed by atoms with Gasteiger partial charge in [-0.15, -0.1) is 10.2 Å². The first-order chi connectivity index (χ1) is 9.38. The second-order valence-electron chi connectivity index (χ2n) is 3.65. The van der Waals surface area contributed by atoms with Gasteiger partial charge in [-0.2, -0.15) is 13.2 Å². The lowest BCUT2D eigenvalue weighted by Crippen LogP contribution is -2.15. The van der Waals surface area contributed by atoms with E-state index in [1.54, 1.807) is 0 Å². The number of oxazole rings is 1. The third-order valence-electron chi connectivity index (χ3n) is 2.25. The SMILES string of the molecule is NC(=O)c1ccc(NCc2ncoc2C(F)(F)F)nn1. The van der Waals surface area contributed by atoms with Crippen molar-refractivity contribution >= 4 is 11.7 Å². The van der Waals surface area contributed by atoms with E-state index < -0.39 is 17.8 Å². The summed E-state index contributed by atoms with van der Waals surface area (Å²) in [6.45, 7) is -0.254. The van der Waals surface area contributed by atoms with Gasteiger partial charge in [0.05, 0.1) is 6.54 Å². The van der Waals surface area contributed by atoms with Gasteiger partial charge >= 0.3 is 6.18 Å². The first kappa shape index (κ1) is 13.8. The van der Waals surface area contributed by atoms with Gasteiger partial charge < -0.3 is 15.5 Å². The van der Waals surface area contributed by atoms with Crippen LogP contribution in [0.2, 0.25) is 0 Å². The molecule has 0 aromatic carbocycles. The van der Waals surface area contributed by atoms with E-state index in [1.807, 2.05) is 0 Å². The van der Waals surface area contributed by atoms with E-state index in [0.29, 0.717) is 6.39 Å². The summed E-state index contributed by atoms with van der Waals surface area (Å²) in [6, 6.07) is 2.66. The Morgan fingerprint density at radius 1 is 1.35 bits per heavy atom. The fourth-order valence-electron chi connectivity index (χ4n) is 1.36. The Balaban J connectivity index is 2.06. The highest BCUT2D eigenvalue weighted by atomic mass is 19.4. The summed E-state index contributed by atoms with van der Waals surface area (Å²) in [5.41, 5.74) is 4.62. The maximum Gasteiger partial charge on any atom is 0.451 e. The quantitative estimate of drug-likeness (QED) is 0.874. The molecule has 2 aromatic heterocycles. The molecule has 2 heterocycles. The lowest BCUT2D eigenvalue weighted by Gasteiger charge is -2.06. The van der Waals surface area contributed by atoms with Crippen LogP contribution in [0, 0.1) is 0 Å². The van der Waals surface area contributed by atoms with Crippen molar-refractivity contribution in [3.05, 3.63) is 35.7 Å². The highest BCUT2D eigenvalue weighted by molar-refractivity contribution is 5.90. The lowest BCUT2D eigenvalue weighted by molar-refractivity contribution is -0.153. The smallest absolute Gasteiger partial charge is 0.439 e. The van der Waals surface area contributed by atoms with Crippen LogP contribution in [0.5, 0.6) is 0 Å². The minimum Gasteiger partial charge on any atom is -0.439 e. The number of aromatic nitrogens is 3. The van der Waals surface area contributed by atoms with Gasteiger partial charge in [0.25, 0.3) is 5.91 Å². The van der Waals surface area contributed by atoms with E-state index in [9.17, 15) is 18.0 Å². The Labute approximate surface area is 110 Å². The molecule has 0 saturated heterocycles. The third kappa shape index (κ3) is 3.02. The highest BCUT2D eigenvalue weighted by Crippen LogP contribution is 2.31. The summed E-state index contributed by atoms with van der Waals surface area (Å²) in [4.78, 5) is 14.2. The largest absolute Gasteiger partial charge is 0.451 e. The third-order valence-corrected chi connectivity index (χ3v) is 2.25. The molecule has 0 fully saturated rings. The number of hydrogen-bond donors (Lipinski definition) is 2. The number of nitrogens with zero attached hydrogens (tertiary/aromatic N) is 3. The Morgan fingerprint density at radius 2 is 2.10 bits per heavy atom. The number of anilines is 1. The molecule has 2 rings (SSSR count). The number of rotatable bonds is 4. The molecular weight excluding hydrogens is 279 g/mol.